The molecule has 1 unspecified atom stereocenters. The third kappa shape index (κ3) is 4.33. The van der Waals surface area contributed by atoms with Crippen molar-refractivity contribution in [3.63, 3.8) is 0 Å². The molecule has 9 heteroatoms. The fourth-order valence-corrected chi connectivity index (χ4v) is 4.62. The molecule has 1 saturated heterocycles. The summed E-state index contributed by atoms with van der Waals surface area (Å²) in [5.41, 5.74) is 3.34. The van der Waals surface area contributed by atoms with Crippen LogP contribution >= 0.6 is 0 Å². The highest BCUT2D eigenvalue weighted by atomic mass is 19.1. The van der Waals surface area contributed by atoms with Crippen LogP contribution in [0.3, 0.4) is 0 Å². The number of benzene rings is 1. The van der Waals surface area contributed by atoms with Gasteiger partial charge in [0.2, 0.25) is 5.91 Å². The van der Waals surface area contributed by atoms with Crippen molar-refractivity contribution in [2.75, 3.05) is 43.1 Å². The van der Waals surface area contributed by atoms with Crippen LogP contribution < -0.4 is 14.5 Å². The van der Waals surface area contributed by atoms with Crippen LogP contribution in [0.25, 0.3) is 0 Å². The lowest BCUT2D eigenvalue weighted by Gasteiger charge is -2.42. The number of piperazine rings is 1. The van der Waals surface area contributed by atoms with Crippen molar-refractivity contribution in [2.45, 2.75) is 32.4 Å². The molecule has 8 nitrogen and oxygen atoms in total. The molecule has 1 atom stereocenters. The van der Waals surface area contributed by atoms with Gasteiger partial charge in [-0.15, -0.1) is 0 Å². The summed E-state index contributed by atoms with van der Waals surface area (Å²) in [6.07, 6.45) is 2.21. The van der Waals surface area contributed by atoms with Crippen molar-refractivity contribution in [2.24, 2.45) is 0 Å². The number of amides is 1. The summed E-state index contributed by atoms with van der Waals surface area (Å²) in [7, 11) is 1.53. The minimum Gasteiger partial charge on any atom is -0.467 e. The zero-order chi connectivity index (χ0) is 23.5. The topological polar surface area (TPSA) is 85.6 Å². The van der Waals surface area contributed by atoms with Gasteiger partial charge < -0.3 is 19.4 Å². The molecule has 172 valence electrons. The lowest BCUT2D eigenvalue weighted by atomic mass is 10.0. The quantitative estimate of drug-likeness (QED) is 0.648. The summed E-state index contributed by atoms with van der Waals surface area (Å²) < 4.78 is 19.5. The number of rotatable bonds is 5. The Labute approximate surface area is 192 Å². The van der Waals surface area contributed by atoms with Crippen LogP contribution in [0.2, 0.25) is 0 Å². The Morgan fingerprint density at radius 3 is 2.88 bits per heavy atom. The molecule has 2 aliphatic heterocycles. The van der Waals surface area contributed by atoms with E-state index in [9.17, 15) is 14.4 Å². The second-order valence-corrected chi connectivity index (χ2v) is 8.21. The van der Waals surface area contributed by atoms with E-state index in [4.69, 9.17) is 4.74 Å². The zero-order valence-electron chi connectivity index (χ0n) is 18.9. The van der Waals surface area contributed by atoms with E-state index < -0.39 is 0 Å². The first-order valence-electron chi connectivity index (χ1n) is 11.0. The lowest BCUT2D eigenvalue weighted by Crippen LogP contribution is -2.55. The molecule has 0 radical (unpaired) electrons. The molecule has 0 N–H and O–H groups in total. The highest BCUT2D eigenvalue weighted by molar-refractivity contribution is 5.87. The van der Waals surface area contributed by atoms with Gasteiger partial charge in [-0.3, -0.25) is 4.79 Å². The Balaban J connectivity index is 1.65. The predicted octanol–water partition coefficient (Wildman–Crippen LogP) is 2.61. The molecule has 0 spiro atoms. The van der Waals surface area contributed by atoms with E-state index in [2.05, 4.69) is 32.4 Å². The fraction of sp³-hybridized carbons (Fsp3) is 0.417. The molecule has 0 saturated carbocycles. The number of fused-ring (bicyclic) bond motifs is 1. The molecule has 2 aliphatic rings. The first-order chi connectivity index (χ1) is 16.0. The minimum atomic E-state index is -0.249. The van der Waals surface area contributed by atoms with E-state index in [1.165, 1.54) is 19.3 Å². The molecule has 4 rings (SSSR count). The molecule has 1 aromatic carbocycles. The Hall–Kier alpha value is -3.67. The maximum absolute atomic E-state index is 14.1. The number of carbonyl (C=O) groups excluding carboxylic acids is 1. The van der Waals surface area contributed by atoms with E-state index in [1.54, 1.807) is 17.9 Å². The van der Waals surface area contributed by atoms with Gasteiger partial charge in [0, 0.05) is 43.0 Å². The number of nitriles is 1. The van der Waals surface area contributed by atoms with Gasteiger partial charge in [-0.1, -0.05) is 12.6 Å². The molecule has 0 bridgehead atoms. The summed E-state index contributed by atoms with van der Waals surface area (Å²) in [5, 5.41) is 9.29. The summed E-state index contributed by atoms with van der Waals surface area (Å²) >= 11 is 0. The van der Waals surface area contributed by atoms with E-state index in [-0.39, 0.29) is 30.2 Å². The second kappa shape index (κ2) is 9.45. The third-order valence-electron chi connectivity index (χ3n) is 6.35. The van der Waals surface area contributed by atoms with Gasteiger partial charge in [-0.25, -0.2) is 4.39 Å². The molecule has 1 amide bonds. The summed E-state index contributed by atoms with van der Waals surface area (Å²) in [6, 6.07) is 7.31. The molecule has 1 fully saturated rings. The third-order valence-corrected chi connectivity index (χ3v) is 6.35. The highest BCUT2D eigenvalue weighted by Crippen LogP contribution is 2.33. The molecule has 1 aromatic heterocycles. The number of hydrogen-bond acceptors (Lipinski definition) is 7. The normalized spacial score (nSPS) is 17.9. The Morgan fingerprint density at radius 1 is 1.33 bits per heavy atom. The van der Waals surface area contributed by atoms with E-state index in [1.807, 2.05) is 6.07 Å². The van der Waals surface area contributed by atoms with Crippen molar-refractivity contribution in [3.05, 3.63) is 53.5 Å². The molecular formula is C24H27FN6O2. The number of halogens is 1. The summed E-state index contributed by atoms with van der Waals surface area (Å²) in [6.45, 7) is 8.14. The van der Waals surface area contributed by atoms with Crippen molar-refractivity contribution in [1.29, 1.82) is 5.26 Å². The Kier molecular flexibility index (Phi) is 6.45. The van der Waals surface area contributed by atoms with E-state index in [0.29, 0.717) is 44.7 Å². The number of aromatic nitrogens is 2. The van der Waals surface area contributed by atoms with Crippen LogP contribution in [-0.4, -0.2) is 60.1 Å². The number of methoxy groups -OCH3 is 1. The number of carbonyl (C=O) groups is 1. The average Bonchev–Trinajstić information content (AvgIpc) is 2.84. The summed E-state index contributed by atoms with van der Waals surface area (Å²) in [5.74, 6) is 0.383. The van der Waals surface area contributed by atoms with Gasteiger partial charge in [0.25, 0.3) is 0 Å². The van der Waals surface area contributed by atoms with Crippen LogP contribution in [0.5, 0.6) is 6.01 Å². The predicted molar refractivity (Wildman–Crippen MR) is 123 cm³/mol. The standard InChI is InChI=1S/C24H27FN6O2/c1-4-22(32)31-13-12-30(14-17(31)8-10-26)23-18-9-11-29(15-20(18)27-24(28-23)33-3)21-7-5-6-19(25)16(21)2/h4-7,17H,1,8-9,11-15H2,2-3H3. The largest absolute Gasteiger partial charge is 0.467 e. The van der Waals surface area contributed by atoms with Gasteiger partial charge in [-0.2, -0.15) is 15.2 Å². The molecule has 2 aromatic rings. The number of nitrogens with zero attached hydrogens (tertiary/aromatic N) is 6. The maximum atomic E-state index is 14.1. The number of ether oxygens (including phenoxy) is 1. The Morgan fingerprint density at radius 2 is 2.15 bits per heavy atom. The monoisotopic (exact) mass is 450 g/mol. The first kappa shape index (κ1) is 22.5. The van der Waals surface area contributed by atoms with E-state index >= 15 is 0 Å². The zero-order valence-corrected chi connectivity index (χ0v) is 18.9. The van der Waals surface area contributed by atoms with Crippen LogP contribution in [0.15, 0.2) is 30.9 Å². The molecule has 0 aliphatic carbocycles. The maximum Gasteiger partial charge on any atom is 0.318 e. The highest BCUT2D eigenvalue weighted by Gasteiger charge is 2.33. The average molecular weight is 451 g/mol. The smallest absolute Gasteiger partial charge is 0.318 e. The molecule has 3 heterocycles. The first-order valence-corrected chi connectivity index (χ1v) is 11.0. The van der Waals surface area contributed by atoms with Crippen LogP contribution in [0, 0.1) is 24.1 Å². The van der Waals surface area contributed by atoms with E-state index in [0.717, 1.165) is 22.8 Å². The van der Waals surface area contributed by atoms with Crippen molar-refractivity contribution in [3.8, 4) is 12.1 Å². The van der Waals surface area contributed by atoms with Gasteiger partial charge in [0.05, 0.1) is 37.9 Å². The minimum absolute atomic E-state index is 0.168. The fourth-order valence-electron chi connectivity index (χ4n) is 4.62. The lowest BCUT2D eigenvalue weighted by molar-refractivity contribution is -0.128. The van der Waals surface area contributed by atoms with Crippen LogP contribution in [0.1, 0.15) is 23.2 Å². The van der Waals surface area contributed by atoms with Gasteiger partial charge in [0.15, 0.2) is 0 Å². The van der Waals surface area contributed by atoms with Crippen molar-refractivity contribution >= 4 is 17.4 Å². The van der Waals surface area contributed by atoms with Gasteiger partial charge in [-0.05, 0) is 31.6 Å². The number of anilines is 2. The van der Waals surface area contributed by atoms with Crippen LogP contribution in [0.4, 0.5) is 15.9 Å². The molecule has 33 heavy (non-hydrogen) atoms. The van der Waals surface area contributed by atoms with Gasteiger partial charge >= 0.3 is 6.01 Å². The van der Waals surface area contributed by atoms with Crippen molar-refractivity contribution < 1.29 is 13.9 Å². The van der Waals surface area contributed by atoms with Crippen molar-refractivity contribution in [1.82, 2.24) is 14.9 Å². The summed E-state index contributed by atoms with van der Waals surface area (Å²) in [4.78, 5) is 27.4. The molecular weight excluding hydrogens is 423 g/mol. The Bertz CT molecular complexity index is 1110. The second-order valence-electron chi connectivity index (χ2n) is 8.21. The van der Waals surface area contributed by atoms with Gasteiger partial charge in [0.1, 0.15) is 11.6 Å². The van der Waals surface area contributed by atoms with Crippen LogP contribution in [-0.2, 0) is 17.8 Å². The SMILES string of the molecule is C=CC(=O)N1CCN(c2nc(OC)nc3c2CCN(c2cccc(F)c2C)C3)CC1CC#N. The number of hydrogen-bond donors (Lipinski definition) is 0.